The average Bonchev–Trinajstić information content (AvgIpc) is 2.43. The molecule has 2 amide bonds. The van der Waals surface area contributed by atoms with Crippen LogP contribution >= 0.6 is 15.9 Å². The highest BCUT2D eigenvalue weighted by Crippen LogP contribution is 2.15. The lowest BCUT2D eigenvalue weighted by Crippen LogP contribution is -2.39. The third-order valence-electron chi connectivity index (χ3n) is 2.70. The molecule has 20 heavy (non-hydrogen) atoms. The maximum atomic E-state index is 11.5. The highest BCUT2D eigenvalue weighted by molar-refractivity contribution is 9.10. The van der Waals surface area contributed by atoms with E-state index in [0.29, 0.717) is 26.1 Å². The van der Waals surface area contributed by atoms with Gasteiger partial charge in [0.05, 0.1) is 6.54 Å². The Bertz CT molecular complexity index is 398. The van der Waals surface area contributed by atoms with Gasteiger partial charge in [-0.2, -0.15) is 0 Å². The SMILES string of the molecule is CC(CCO)CNC(=O)NCCOc1ccc(Br)cc1. The summed E-state index contributed by atoms with van der Waals surface area (Å²) < 4.78 is 6.48. The van der Waals surface area contributed by atoms with E-state index in [2.05, 4.69) is 26.6 Å². The van der Waals surface area contributed by atoms with E-state index in [-0.39, 0.29) is 18.6 Å². The Labute approximate surface area is 127 Å². The van der Waals surface area contributed by atoms with Crippen LogP contribution in [0.15, 0.2) is 28.7 Å². The molecule has 0 spiro atoms. The van der Waals surface area contributed by atoms with Crippen molar-refractivity contribution in [3.05, 3.63) is 28.7 Å². The third kappa shape index (κ3) is 7.35. The van der Waals surface area contributed by atoms with E-state index in [9.17, 15) is 4.79 Å². The van der Waals surface area contributed by atoms with Crippen LogP contribution in [-0.4, -0.2) is 37.4 Å². The Hall–Kier alpha value is -1.27. The Morgan fingerprint density at radius 2 is 2.05 bits per heavy atom. The number of halogens is 1. The summed E-state index contributed by atoms with van der Waals surface area (Å²) in [7, 11) is 0. The number of carbonyl (C=O) groups is 1. The molecule has 1 atom stereocenters. The van der Waals surface area contributed by atoms with Crippen LogP contribution < -0.4 is 15.4 Å². The van der Waals surface area contributed by atoms with Crippen LogP contribution in [0, 0.1) is 5.92 Å². The normalized spacial score (nSPS) is 11.8. The van der Waals surface area contributed by atoms with Crippen LogP contribution in [0.1, 0.15) is 13.3 Å². The van der Waals surface area contributed by atoms with Crippen LogP contribution in [0.3, 0.4) is 0 Å². The molecule has 1 aromatic rings. The summed E-state index contributed by atoms with van der Waals surface area (Å²) in [4.78, 5) is 11.5. The number of urea groups is 1. The second kappa shape index (κ2) is 9.61. The molecule has 1 aromatic carbocycles. The number of ether oxygens (including phenoxy) is 1. The lowest BCUT2D eigenvalue weighted by atomic mass is 10.1. The molecule has 0 aliphatic carbocycles. The number of nitrogens with one attached hydrogen (secondary N) is 2. The molecule has 0 aliphatic heterocycles. The predicted molar refractivity (Wildman–Crippen MR) is 81.9 cm³/mol. The van der Waals surface area contributed by atoms with Gasteiger partial charge in [-0.3, -0.25) is 0 Å². The number of rotatable bonds is 8. The van der Waals surface area contributed by atoms with Gasteiger partial charge in [-0.1, -0.05) is 22.9 Å². The summed E-state index contributed by atoms with van der Waals surface area (Å²) in [5, 5.41) is 14.2. The van der Waals surface area contributed by atoms with Crippen molar-refractivity contribution in [3.63, 3.8) is 0 Å². The number of hydrogen-bond donors (Lipinski definition) is 3. The second-order valence-electron chi connectivity index (χ2n) is 4.56. The van der Waals surface area contributed by atoms with Gasteiger partial charge in [-0.05, 0) is 36.6 Å². The van der Waals surface area contributed by atoms with Crippen molar-refractivity contribution in [2.75, 3.05) is 26.3 Å². The Kier molecular flexibility index (Phi) is 8.06. The highest BCUT2D eigenvalue weighted by Gasteiger charge is 2.04. The zero-order chi connectivity index (χ0) is 14.8. The van der Waals surface area contributed by atoms with Crippen molar-refractivity contribution in [1.82, 2.24) is 10.6 Å². The number of hydrogen-bond acceptors (Lipinski definition) is 3. The van der Waals surface area contributed by atoms with Crippen LogP contribution in [0.4, 0.5) is 4.79 Å². The summed E-state index contributed by atoms with van der Waals surface area (Å²) >= 11 is 3.35. The fourth-order valence-corrected chi connectivity index (χ4v) is 1.78. The van der Waals surface area contributed by atoms with Crippen molar-refractivity contribution in [2.45, 2.75) is 13.3 Å². The average molecular weight is 345 g/mol. The molecule has 0 saturated heterocycles. The van der Waals surface area contributed by atoms with Gasteiger partial charge < -0.3 is 20.5 Å². The molecule has 112 valence electrons. The van der Waals surface area contributed by atoms with Gasteiger partial charge in [0, 0.05) is 17.6 Å². The second-order valence-corrected chi connectivity index (χ2v) is 5.47. The molecule has 1 unspecified atom stereocenters. The van der Waals surface area contributed by atoms with E-state index in [1.54, 1.807) is 0 Å². The van der Waals surface area contributed by atoms with Gasteiger partial charge in [0.1, 0.15) is 12.4 Å². The zero-order valence-corrected chi connectivity index (χ0v) is 13.1. The standard InChI is InChI=1S/C14H21BrN2O3/c1-11(6-8-18)10-17-14(19)16-7-9-20-13-4-2-12(15)3-5-13/h2-5,11,18H,6-10H2,1H3,(H2,16,17,19). The number of aliphatic hydroxyl groups excluding tert-OH is 1. The summed E-state index contributed by atoms with van der Waals surface area (Å²) in [6.45, 7) is 3.54. The quantitative estimate of drug-likeness (QED) is 0.633. The third-order valence-corrected chi connectivity index (χ3v) is 3.23. The molecule has 1 rings (SSSR count). The van der Waals surface area contributed by atoms with Crippen molar-refractivity contribution >= 4 is 22.0 Å². The zero-order valence-electron chi connectivity index (χ0n) is 11.6. The molecule has 0 heterocycles. The summed E-state index contributed by atoms with van der Waals surface area (Å²) in [5.41, 5.74) is 0. The molecule has 6 heteroatoms. The Balaban J connectivity index is 2.08. The molecule has 0 aliphatic rings. The van der Waals surface area contributed by atoms with Crippen LogP contribution in [0.2, 0.25) is 0 Å². The summed E-state index contributed by atoms with van der Waals surface area (Å²) in [6, 6.07) is 7.31. The molecular weight excluding hydrogens is 324 g/mol. The minimum absolute atomic E-state index is 0.144. The fourth-order valence-electron chi connectivity index (χ4n) is 1.52. The Morgan fingerprint density at radius 3 is 2.70 bits per heavy atom. The van der Waals surface area contributed by atoms with E-state index in [1.165, 1.54) is 0 Å². The topological polar surface area (TPSA) is 70.6 Å². The van der Waals surface area contributed by atoms with Crippen molar-refractivity contribution in [1.29, 1.82) is 0 Å². The number of benzene rings is 1. The first-order valence-electron chi connectivity index (χ1n) is 6.62. The van der Waals surface area contributed by atoms with E-state index >= 15 is 0 Å². The monoisotopic (exact) mass is 344 g/mol. The maximum Gasteiger partial charge on any atom is 0.314 e. The summed E-state index contributed by atoms with van der Waals surface area (Å²) in [5.74, 6) is 1.04. The van der Waals surface area contributed by atoms with Gasteiger partial charge >= 0.3 is 6.03 Å². The van der Waals surface area contributed by atoms with E-state index in [0.717, 1.165) is 10.2 Å². The molecule has 0 fully saturated rings. The summed E-state index contributed by atoms with van der Waals surface area (Å²) in [6.07, 6.45) is 0.687. The number of carbonyl (C=O) groups excluding carboxylic acids is 1. The molecule has 3 N–H and O–H groups in total. The van der Waals surface area contributed by atoms with Crippen LogP contribution in [-0.2, 0) is 0 Å². The highest BCUT2D eigenvalue weighted by atomic mass is 79.9. The fraction of sp³-hybridized carbons (Fsp3) is 0.500. The van der Waals surface area contributed by atoms with E-state index in [1.807, 2.05) is 31.2 Å². The molecule has 0 aromatic heterocycles. The van der Waals surface area contributed by atoms with Gasteiger partial charge in [-0.25, -0.2) is 4.79 Å². The predicted octanol–water partition coefficient (Wildman–Crippen LogP) is 2.15. The molecular formula is C14H21BrN2O3. The first-order valence-corrected chi connectivity index (χ1v) is 7.42. The van der Waals surface area contributed by atoms with Crippen LogP contribution in [0.25, 0.3) is 0 Å². The van der Waals surface area contributed by atoms with Crippen LogP contribution in [0.5, 0.6) is 5.75 Å². The molecule has 5 nitrogen and oxygen atoms in total. The smallest absolute Gasteiger partial charge is 0.314 e. The number of amides is 2. The Morgan fingerprint density at radius 1 is 1.35 bits per heavy atom. The molecule has 0 bridgehead atoms. The minimum atomic E-state index is -0.214. The minimum Gasteiger partial charge on any atom is -0.492 e. The van der Waals surface area contributed by atoms with Gasteiger partial charge in [0.15, 0.2) is 0 Å². The molecule has 0 saturated carbocycles. The molecule has 0 radical (unpaired) electrons. The lowest BCUT2D eigenvalue weighted by molar-refractivity contribution is 0.230. The largest absolute Gasteiger partial charge is 0.492 e. The van der Waals surface area contributed by atoms with Gasteiger partial charge in [0.25, 0.3) is 0 Å². The van der Waals surface area contributed by atoms with Gasteiger partial charge in [0.2, 0.25) is 0 Å². The van der Waals surface area contributed by atoms with E-state index < -0.39 is 0 Å². The van der Waals surface area contributed by atoms with Crippen molar-refractivity contribution in [3.8, 4) is 5.75 Å². The van der Waals surface area contributed by atoms with Gasteiger partial charge in [-0.15, -0.1) is 0 Å². The first kappa shape index (κ1) is 16.8. The first-order chi connectivity index (χ1) is 9.61. The number of aliphatic hydroxyl groups is 1. The van der Waals surface area contributed by atoms with Crippen molar-refractivity contribution < 1.29 is 14.6 Å². The van der Waals surface area contributed by atoms with E-state index in [4.69, 9.17) is 9.84 Å². The van der Waals surface area contributed by atoms with Crippen molar-refractivity contribution in [2.24, 2.45) is 5.92 Å². The maximum absolute atomic E-state index is 11.5. The lowest BCUT2D eigenvalue weighted by Gasteiger charge is -2.12.